The highest BCUT2D eigenvalue weighted by molar-refractivity contribution is 5.23. The Bertz CT molecular complexity index is 379. The fourth-order valence-corrected chi connectivity index (χ4v) is 1.11. The number of alkyl halides is 1. The molecule has 1 aromatic heterocycles. The Hall–Kier alpha value is -1.59. The van der Waals surface area contributed by atoms with Crippen LogP contribution in [0.15, 0.2) is 15.7 Å². The fraction of sp³-hybridized carbons (Fsp3) is 0.500. The molecule has 0 fully saturated rings. The molecule has 3 N–H and O–H groups in total. The lowest BCUT2D eigenvalue weighted by Gasteiger charge is -2.02. The zero-order valence-corrected chi connectivity index (χ0v) is 7.62. The summed E-state index contributed by atoms with van der Waals surface area (Å²) in [6, 6.07) is 1.14. The van der Waals surface area contributed by atoms with Crippen molar-refractivity contribution in [2.75, 3.05) is 12.4 Å². The number of nitrogens with one attached hydrogen (secondary N) is 1. The van der Waals surface area contributed by atoms with E-state index in [0.717, 1.165) is 10.6 Å². The molecule has 1 rings (SSSR count). The van der Waals surface area contributed by atoms with Crippen molar-refractivity contribution in [2.24, 2.45) is 0 Å². The van der Waals surface area contributed by atoms with Crippen LogP contribution in [0.3, 0.4) is 0 Å². The molecule has 0 unspecified atom stereocenters. The molecule has 1 heterocycles. The number of nitrogens with two attached hydrogens (primary N) is 1. The predicted molar refractivity (Wildman–Crippen MR) is 50.9 cm³/mol. The van der Waals surface area contributed by atoms with Crippen molar-refractivity contribution in [3.63, 3.8) is 0 Å². The summed E-state index contributed by atoms with van der Waals surface area (Å²) in [6.07, 6.45) is 0.805. The number of hydrogen-bond donors (Lipinski definition) is 2. The van der Waals surface area contributed by atoms with E-state index in [1.165, 1.54) is 0 Å². The normalized spacial score (nSPS) is 10.4. The number of H-pyrrole nitrogens is 1. The predicted octanol–water partition coefficient (Wildman–Crippen LogP) is -0.132. The second-order valence-corrected chi connectivity index (χ2v) is 2.92. The van der Waals surface area contributed by atoms with Gasteiger partial charge in [0, 0.05) is 12.6 Å². The third-order valence-electron chi connectivity index (χ3n) is 1.81. The highest BCUT2D eigenvalue weighted by atomic mass is 19.1. The van der Waals surface area contributed by atoms with E-state index in [0.29, 0.717) is 12.8 Å². The van der Waals surface area contributed by atoms with Crippen LogP contribution in [-0.4, -0.2) is 16.2 Å². The van der Waals surface area contributed by atoms with Gasteiger partial charge in [0.25, 0.3) is 5.56 Å². The van der Waals surface area contributed by atoms with Crippen LogP contribution in [-0.2, 0) is 6.54 Å². The maximum Gasteiger partial charge on any atom is 0.329 e. The van der Waals surface area contributed by atoms with Crippen LogP contribution < -0.4 is 17.0 Å². The van der Waals surface area contributed by atoms with Crippen LogP contribution in [0.25, 0.3) is 0 Å². The van der Waals surface area contributed by atoms with E-state index >= 15 is 0 Å². The van der Waals surface area contributed by atoms with Gasteiger partial charge in [-0.2, -0.15) is 0 Å². The maximum absolute atomic E-state index is 11.8. The van der Waals surface area contributed by atoms with Gasteiger partial charge in [0.1, 0.15) is 5.82 Å². The van der Waals surface area contributed by atoms with Gasteiger partial charge in [-0.05, 0) is 12.8 Å². The maximum atomic E-state index is 11.8. The van der Waals surface area contributed by atoms with E-state index in [1.807, 2.05) is 0 Å². The van der Waals surface area contributed by atoms with Gasteiger partial charge in [-0.25, -0.2) is 4.79 Å². The molecule has 0 radical (unpaired) electrons. The Morgan fingerprint density at radius 2 is 2.14 bits per heavy atom. The van der Waals surface area contributed by atoms with Gasteiger partial charge in [-0.15, -0.1) is 0 Å². The quantitative estimate of drug-likeness (QED) is 0.666. The molecule has 0 spiro atoms. The molecule has 6 heteroatoms. The molecule has 0 bridgehead atoms. The van der Waals surface area contributed by atoms with Gasteiger partial charge in [-0.3, -0.25) is 18.7 Å². The zero-order chi connectivity index (χ0) is 10.6. The Kier molecular flexibility index (Phi) is 3.44. The summed E-state index contributed by atoms with van der Waals surface area (Å²) in [6.45, 7) is -0.222. The molecule has 0 saturated carbocycles. The molecular formula is C8H12FN3O2. The number of unbranched alkanes of at least 4 members (excludes halogenated alkanes) is 1. The molecule has 1 aromatic rings. The van der Waals surface area contributed by atoms with E-state index in [2.05, 4.69) is 4.98 Å². The minimum Gasteiger partial charge on any atom is -0.385 e. The van der Waals surface area contributed by atoms with Crippen molar-refractivity contribution in [1.82, 2.24) is 9.55 Å². The third kappa shape index (κ3) is 2.45. The SMILES string of the molecule is Nc1cc(=O)n(CCCCF)c(=O)[nH]1. The Balaban J connectivity index is 2.87. The van der Waals surface area contributed by atoms with Crippen molar-refractivity contribution in [3.8, 4) is 0 Å². The van der Waals surface area contributed by atoms with Gasteiger partial charge in [0.2, 0.25) is 0 Å². The van der Waals surface area contributed by atoms with Crippen molar-refractivity contribution in [3.05, 3.63) is 26.9 Å². The average Bonchev–Trinajstić information content (AvgIpc) is 2.09. The summed E-state index contributed by atoms with van der Waals surface area (Å²) < 4.78 is 12.8. The Morgan fingerprint density at radius 1 is 1.43 bits per heavy atom. The molecule has 0 amide bonds. The molecule has 0 aliphatic carbocycles. The topological polar surface area (TPSA) is 80.9 Å². The summed E-state index contributed by atoms with van der Waals surface area (Å²) in [4.78, 5) is 24.7. The number of hydrogen-bond acceptors (Lipinski definition) is 3. The van der Waals surface area contributed by atoms with E-state index in [-0.39, 0.29) is 12.4 Å². The van der Waals surface area contributed by atoms with Gasteiger partial charge in [0.15, 0.2) is 0 Å². The zero-order valence-electron chi connectivity index (χ0n) is 7.62. The molecule has 5 nitrogen and oxygen atoms in total. The second kappa shape index (κ2) is 4.59. The van der Waals surface area contributed by atoms with E-state index in [4.69, 9.17) is 5.73 Å². The number of aromatic nitrogens is 2. The minimum absolute atomic E-state index is 0.0433. The van der Waals surface area contributed by atoms with Crippen LogP contribution >= 0.6 is 0 Å². The largest absolute Gasteiger partial charge is 0.385 e. The molecule has 0 aliphatic rings. The van der Waals surface area contributed by atoms with E-state index in [9.17, 15) is 14.0 Å². The van der Waals surface area contributed by atoms with Crippen LogP contribution in [0.5, 0.6) is 0 Å². The first-order valence-corrected chi connectivity index (χ1v) is 4.30. The lowest BCUT2D eigenvalue weighted by atomic mass is 10.3. The Labute approximate surface area is 79.4 Å². The first-order chi connectivity index (χ1) is 6.65. The highest BCUT2D eigenvalue weighted by Crippen LogP contribution is 1.91. The monoisotopic (exact) mass is 201 g/mol. The van der Waals surface area contributed by atoms with Gasteiger partial charge >= 0.3 is 5.69 Å². The lowest BCUT2D eigenvalue weighted by Crippen LogP contribution is -2.35. The van der Waals surface area contributed by atoms with Crippen molar-refractivity contribution < 1.29 is 4.39 Å². The first-order valence-electron chi connectivity index (χ1n) is 4.30. The summed E-state index contributed by atoms with van der Waals surface area (Å²) in [5.41, 5.74) is 4.25. The number of nitrogen functional groups attached to an aromatic ring is 1. The highest BCUT2D eigenvalue weighted by Gasteiger charge is 2.01. The summed E-state index contributed by atoms with van der Waals surface area (Å²) in [5.74, 6) is 0.0433. The van der Waals surface area contributed by atoms with Crippen LogP contribution in [0, 0.1) is 0 Å². The van der Waals surface area contributed by atoms with Crippen molar-refractivity contribution in [2.45, 2.75) is 19.4 Å². The average molecular weight is 201 g/mol. The molecular weight excluding hydrogens is 189 g/mol. The smallest absolute Gasteiger partial charge is 0.329 e. The van der Waals surface area contributed by atoms with Crippen LogP contribution in [0.1, 0.15) is 12.8 Å². The van der Waals surface area contributed by atoms with E-state index in [1.54, 1.807) is 0 Å². The van der Waals surface area contributed by atoms with Crippen molar-refractivity contribution >= 4 is 5.82 Å². The summed E-state index contributed by atoms with van der Waals surface area (Å²) in [5, 5.41) is 0. The van der Waals surface area contributed by atoms with Crippen LogP contribution in [0.4, 0.5) is 10.2 Å². The number of anilines is 1. The third-order valence-corrected chi connectivity index (χ3v) is 1.81. The molecule has 78 valence electrons. The number of rotatable bonds is 4. The Morgan fingerprint density at radius 3 is 2.71 bits per heavy atom. The van der Waals surface area contributed by atoms with Gasteiger partial charge in [0.05, 0.1) is 6.67 Å². The molecule has 14 heavy (non-hydrogen) atoms. The lowest BCUT2D eigenvalue weighted by molar-refractivity contribution is 0.442. The summed E-state index contributed by atoms with van der Waals surface area (Å²) in [7, 11) is 0. The first kappa shape index (κ1) is 10.5. The second-order valence-electron chi connectivity index (χ2n) is 2.92. The number of aromatic amines is 1. The van der Waals surface area contributed by atoms with Gasteiger partial charge < -0.3 is 5.73 Å². The van der Waals surface area contributed by atoms with E-state index < -0.39 is 17.9 Å². The summed E-state index contributed by atoms with van der Waals surface area (Å²) >= 11 is 0. The molecule has 0 aromatic carbocycles. The molecule has 0 aliphatic heterocycles. The number of nitrogens with zero attached hydrogens (tertiary/aromatic N) is 1. The van der Waals surface area contributed by atoms with Gasteiger partial charge in [-0.1, -0.05) is 0 Å². The number of halogens is 1. The minimum atomic E-state index is -0.547. The molecule has 0 atom stereocenters. The molecule has 0 saturated heterocycles. The fourth-order valence-electron chi connectivity index (χ4n) is 1.11. The van der Waals surface area contributed by atoms with Crippen molar-refractivity contribution in [1.29, 1.82) is 0 Å². The van der Waals surface area contributed by atoms with Crippen LogP contribution in [0.2, 0.25) is 0 Å². The standard InChI is InChI=1S/C8H12FN3O2/c9-3-1-2-4-12-7(13)5-6(10)11-8(12)14/h5H,1-4,10H2,(H,11,14).